The smallest absolute Gasteiger partial charge is 0.0586 e. The van der Waals surface area contributed by atoms with Crippen molar-refractivity contribution in [1.29, 1.82) is 0 Å². The highest BCUT2D eigenvalue weighted by Crippen LogP contribution is 2.42. The molecule has 1 heterocycles. The van der Waals surface area contributed by atoms with Crippen molar-refractivity contribution in [2.45, 2.75) is 69.3 Å². The average Bonchev–Trinajstić information content (AvgIpc) is 3.13. The molecule has 26 heavy (non-hydrogen) atoms. The Hall–Kier alpha value is -1.38. The predicted octanol–water partition coefficient (Wildman–Crippen LogP) is 6.61. The Labute approximate surface area is 160 Å². The fourth-order valence-electron chi connectivity index (χ4n) is 4.65. The molecule has 0 N–H and O–H groups in total. The molecule has 0 spiro atoms. The van der Waals surface area contributed by atoms with Crippen LogP contribution in [0.25, 0.3) is 0 Å². The van der Waals surface area contributed by atoms with E-state index in [2.05, 4.69) is 80.7 Å². The van der Waals surface area contributed by atoms with Crippen LogP contribution in [0.15, 0.2) is 60.7 Å². The fourth-order valence-corrected chi connectivity index (χ4v) is 8.43. The maximum absolute atomic E-state index is 6.44. The Morgan fingerprint density at radius 2 is 1.65 bits per heavy atom. The zero-order valence-electron chi connectivity index (χ0n) is 16.7. The highest BCUT2D eigenvalue weighted by Gasteiger charge is 2.41. The SMILES string of the molecule is CCCC[C@H]([C@@H]1CC(c2ccccc2)CO1)[Si](C)(C)Cc1ccccc1. The molecule has 1 nitrogen and oxygen atoms in total. The lowest BCUT2D eigenvalue weighted by molar-refractivity contribution is 0.0984. The molecule has 3 rings (SSSR count). The van der Waals surface area contributed by atoms with Gasteiger partial charge in [0.1, 0.15) is 0 Å². The summed E-state index contributed by atoms with van der Waals surface area (Å²) in [5, 5.41) is 0. The molecule has 0 aromatic heterocycles. The van der Waals surface area contributed by atoms with E-state index >= 15 is 0 Å². The molecule has 0 saturated carbocycles. The Kier molecular flexibility index (Phi) is 6.72. The summed E-state index contributed by atoms with van der Waals surface area (Å²) >= 11 is 0. The number of ether oxygens (including phenoxy) is 1. The first-order chi connectivity index (χ1) is 12.6. The molecule has 0 radical (unpaired) electrons. The minimum atomic E-state index is -1.43. The van der Waals surface area contributed by atoms with Crippen LogP contribution >= 0.6 is 0 Å². The van der Waals surface area contributed by atoms with Gasteiger partial charge in [0.05, 0.1) is 20.8 Å². The second-order valence-electron chi connectivity index (χ2n) is 8.61. The van der Waals surface area contributed by atoms with Gasteiger partial charge in [0.2, 0.25) is 0 Å². The Morgan fingerprint density at radius 3 is 2.31 bits per heavy atom. The van der Waals surface area contributed by atoms with Crippen molar-refractivity contribution in [3.8, 4) is 0 Å². The molecule has 1 saturated heterocycles. The molecule has 0 bridgehead atoms. The monoisotopic (exact) mass is 366 g/mol. The lowest BCUT2D eigenvalue weighted by Gasteiger charge is -2.37. The summed E-state index contributed by atoms with van der Waals surface area (Å²) in [5.41, 5.74) is 3.70. The number of unbranched alkanes of at least 4 members (excludes halogenated alkanes) is 1. The van der Waals surface area contributed by atoms with Crippen LogP contribution in [-0.4, -0.2) is 20.8 Å². The zero-order chi connectivity index (χ0) is 18.4. The third-order valence-corrected chi connectivity index (χ3v) is 10.1. The summed E-state index contributed by atoms with van der Waals surface area (Å²) in [6.45, 7) is 8.37. The average molecular weight is 367 g/mol. The van der Waals surface area contributed by atoms with E-state index in [1.807, 2.05) is 0 Å². The van der Waals surface area contributed by atoms with Crippen molar-refractivity contribution in [2.75, 3.05) is 6.61 Å². The minimum Gasteiger partial charge on any atom is -0.378 e. The second-order valence-corrected chi connectivity index (χ2v) is 13.7. The zero-order valence-corrected chi connectivity index (χ0v) is 17.7. The van der Waals surface area contributed by atoms with Gasteiger partial charge >= 0.3 is 0 Å². The van der Waals surface area contributed by atoms with E-state index in [4.69, 9.17) is 4.74 Å². The number of hydrogen-bond donors (Lipinski definition) is 0. The van der Waals surface area contributed by atoms with E-state index in [9.17, 15) is 0 Å². The molecule has 140 valence electrons. The van der Waals surface area contributed by atoms with Gasteiger partial charge in [-0.25, -0.2) is 0 Å². The molecule has 1 aliphatic rings. The molecule has 1 unspecified atom stereocenters. The molecule has 3 atom stereocenters. The first-order valence-electron chi connectivity index (χ1n) is 10.3. The summed E-state index contributed by atoms with van der Waals surface area (Å²) in [5.74, 6) is 0.576. The Bertz CT molecular complexity index is 652. The minimum absolute atomic E-state index is 0.442. The van der Waals surface area contributed by atoms with Gasteiger partial charge in [-0.2, -0.15) is 0 Å². The van der Waals surface area contributed by atoms with E-state index in [1.54, 1.807) is 0 Å². The van der Waals surface area contributed by atoms with Crippen LogP contribution in [0.4, 0.5) is 0 Å². The Morgan fingerprint density at radius 1 is 1.00 bits per heavy atom. The maximum Gasteiger partial charge on any atom is 0.0586 e. The molecule has 1 aliphatic heterocycles. The fraction of sp³-hybridized carbons (Fsp3) is 0.500. The summed E-state index contributed by atoms with van der Waals surface area (Å²) in [4.78, 5) is 0. The number of hydrogen-bond acceptors (Lipinski definition) is 1. The van der Waals surface area contributed by atoms with E-state index in [-0.39, 0.29) is 0 Å². The molecule has 1 fully saturated rings. The first-order valence-corrected chi connectivity index (χ1v) is 13.6. The van der Waals surface area contributed by atoms with E-state index in [0.717, 1.165) is 12.1 Å². The topological polar surface area (TPSA) is 9.23 Å². The van der Waals surface area contributed by atoms with E-state index in [0.29, 0.717) is 12.0 Å². The summed E-state index contributed by atoms with van der Waals surface area (Å²) < 4.78 is 6.44. The van der Waals surface area contributed by atoms with Crippen molar-refractivity contribution >= 4 is 8.07 Å². The van der Waals surface area contributed by atoms with Crippen LogP contribution in [0.1, 0.15) is 49.7 Å². The van der Waals surface area contributed by atoms with Crippen LogP contribution < -0.4 is 0 Å². The van der Waals surface area contributed by atoms with Crippen molar-refractivity contribution in [3.05, 3.63) is 71.8 Å². The lowest BCUT2D eigenvalue weighted by Crippen LogP contribution is -2.41. The molecule has 2 aromatic carbocycles. The van der Waals surface area contributed by atoms with E-state index < -0.39 is 8.07 Å². The van der Waals surface area contributed by atoms with Gasteiger partial charge in [0, 0.05) is 5.92 Å². The molecule has 0 aliphatic carbocycles. The van der Waals surface area contributed by atoms with Gasteiger partial charge in [-0.15, -0.1) is 0 Å². The van der Waals surface area contributed by atoms with Gasteiger partial charge < -0.3 is 4.74 Å². The van der Waals surface area contributed by atoms with Gasteiger partial charge in [-0.3, -0.25) is 0 Å². The maximum atomic E-state index is 6.44. The van der Waals surface area contributed by atoms with Crippen molar-refractivity contribution in [1.82, 2.24) is 0 Å². The molecular formula is C24H34OSi. The van der Waals surface area contributed by atoms with Crippen LogP contribution in [-0.2, 0) is 10.8 Å². The van der Waals surface area contributed by atoms with Crippen molar-refractivity contribution in [3.63, 3.8) is 0 Å². The summed E-state index contributed by atoms with van der Waals surface area (Å²) in [7, 11) is -1.43. The predicted molar refractivity (Wildman–Crippen MR) is 114 cm³/mol. The normalized spacial score (nSPS) is 21.7. The third-order valence-electron chi connectivity index (χ3n) is 6.12. The van der Waals surface area contributed by atoms with Crippen molar-refractivity contribution in [2.24, 2.45) is 0 Å². The lowest BCUT2D eigenvalue weighted by atomic mass is 9.94. The van der Waals surface area contributed by atoms with Gasteiger partial charge in [-0.05, 0) is 23.6 Å². The second kappa shape index (κ2) is 9.01. The molecule has 0 amide bonds. The largest absolute Gasteiger partial charge is 0.378 e. The van der Waals surface area contributed by atoms with E-state index in [1.165, 1.54) is 42.9 Å². The molecular weight excluding hydrogens is 332 g/mol. The molecule has 2 heteroatoms. The first kappa shape index (κ1) is 19.4. The molecule has 2 aromatic rings. The van der Waals surface area contributed by atoms with Gasteiger partial charge in [0.25, 0.3) is 0 Å². The standard InChI is InChI=1S/C24H34OSi/c1-4-5-16-24(26(2,3)19-20-12-8-6-9-13-20)23-17-22(18-25-23)21-14-10-7-11-15-21/h6-15,22-24H,4-5,16-19H2,1-3H3/t22?,23-,24+/m0/s1. The third kappa shape index (κ3) is 4.86. The summed E-state index contributed by atoms with van der Waals surface area (Å²) in [6.07, 6.45) is 5.57. The van der Waals surface area contributed by atoms with Crippen LogP contribution in [0.2, 0.25) is 18.6 Å². The van der Waals surface area contributed by atoms with Crippen LogP contribution in [0.3, 0.4) is 0 Å². The van der Waals surface area contributed by atoms with Gasteiger partial charge in [-0.1, -0.05) is 106 Å². The Balaban J connectivity index is 1.73. The number of rotatable bonds is 8. The highest BCUT2D eigenvalue weighted by atomic mass is 28.3. The number of benzene rings is 2. The quantitative estimate of drug-likeness (QED) is 0.478. The summed E-state index contributed by atoms with van der Waals surface area (Å²) in [6, 6.07) is 23.3. The van der Waals surface area contributed by atoms with Crippen molar-refractivity contribution < 1.29 is 4.74 Å². The van der Waals surface area contributed by atoms with Gasteiger partial charge in [0.15, 0.2) is 0 Å². The highest BCUT2D eigenvalue weighted by molar-refractivity contribution is 6.78. The van der Waals surface area contributed by atoms with Crippen LogP contribution in [0, 0.1) is 0 Å². The van der Waals surface area contributed by atoms with Crippen LogP contribution in [0.5, 0.6) is 0 Å².